The van der Waals surface area contributed by atoms with Crippen LogP contribution < -0.4 is 5.73 Å². The molecule has 0 saturated carbocycles. The lowest BCUT2D eigenvalue weighted by atomic mass is 9.99. The monoisotopic (exact) mass is 199 g/mol. The van der Waals surface area contributed by atoms with Gasteiger partial charge in [0.25, 0.3) is 0 Å². The van der Waals surface area contributed by atoms with Crippen LogP contribution in [0.15, 0.2) is 36.4 Å². The van der Waals surface area contributed by atoms with Gasteiger partial charge in [-0.3, -0.25) is 0 Å². The zero-order valence-corrected chi connectivity index (χ0v) is 9.16. The van der Waals surface area contributed by atoms with E-state index >= 15 is 0 Å². The molecular weight excluding hydrogens is 182 g/mol. The highest BCUT2D eigenvalue weighted by atomic mass is 14.5. The lowest BCUT2D eigenvalue weighted by molar-refractivity contribution is 0.837. The van der Waals surface area contributed by atoms with E-state index in [1.807, 2.05) is 0 Å². The molecule has 0 amide bonds. The van der Waals surface area contributed by atoms with Gasteiger partial charge in [0, 0.05) is 0 Å². The van der Waals surface area contributed by atoms with Crippen molar-refractivity contribution >= 4 is 10.8 Å². The molecule has 78 valence electrons. The first-order valence-electron chi connectivity index (χ1n) is 5.49. The van der Waals surface area contributed by atoms with E-state index in [0.29, 0.717) is 0 Å². The van der Waals surface area contributed by atoms with Gasteiger partial charge in [-0.2, -0.15) is 0 Å². The van der Waals surface area contributed by atoms with Gasteiger partial charge in [-0.15, -0.1) is 0 Å². The van der Waals surface area contributed by atoms with Crippen LogP contribution in [-0.4, -0.2) is 6.54 Å². The fraction of sp³-hybridized carbons (Fsp3) is 0.286. The van der Waals surface area contributed by atoms with Crippen molar-refractivity contribution in [2.45, 2.75) is 19.8 Å². The second-order valence-electron chi connectivity index (χ2n) is 4.03. The predicted molar refractivity (Wildman–Crippen MR) is 66.1 cm³/mol. The molecule has 0 aliphatic heterocycles. The molecule has 0 atom stereocenters. The third kappa shape index (κ3) is 2.18. The van der Waals surface area contributed by atoms with Crippen molar-refractivity contribution in [3.63, 3.8) is 0 Å². The summed E-state index contributed by atoms with van der Waals surface area (Å²) < 4.78 is 0. The van der Waals surface area contributed by atoms with Crippen LogP contribution >= 0.6 is 0 Å². The van der Waals surface area contributed by atoms with E-state index in [1.54, 1.807) is 0 Å². The van der Waals surface area contributed by atoms with Crippen LogP contribution in [0.25, 0.3) is 10.8 Å². The minimum Gasteiger partial charge on any atom is -0.330 e. The average Bonchev–Trinajstić information content (AvgIpc) is 2.26. The summed E-state index contributed by atoms with van der Waals surface area (Å²) in [6.45, 7) is 2.90. The molecule has 1 heteroatoms. The first kappa shape index (κ1) is 10.2. The van der Waals surface area contributed by atoms with E-state index in [1.165, 1.54) is 21.9 Å². The molecular formula is C14H17N. The Kier molecular flexibility index (Phi) is 3.02. The number of hydrogen-bond acceptors (Lipinski definition) is 1. The van der Waals surface area contributed by atoms with Gasteiger partial charge in [-0.05, 0) is 42.6 Å². The quantitative estimate of drug-likeness (QED) is 0.807. The lowest BCUT2D eigenvalue weighted by Gasteiger charge is -2.06. The van der Waals surface area contributed by atoms with Gasteiger partial charge in [0.1, 0.15) is 0 Å². The number of benzene rings is 2. The highest BCUT2D eigenvalue weighted by Gasteiger charge is 2.00. The number of nitrogens with two attached hydrogens (primary N) is 1. The summed E-state index contributed by atoms with van der Waals surface area (Å²) in [7, 11) is 0. The fourth-order valence-electron chi connectivity index (χ4n) is 1.96. The Balaban J connectivity index is 2.48. The van der Waals surface area contributed by atoms with Gasteiger partial charge in [-0.1, -0.05) is 42.0 Å². The maximum absolute atomic E-state index is 5.55. The predicted octanol–water partition coefficient (Wildman–Crippen LogP) is 3.04. The maximum Gasteiger partial charge on any atom is -0.00741 e. The molecule has 2 N–H and O–H groups in total. The largest absolute Gasteiger partial charge is 0.330 e. The number of hydrogen-bond donors (Lipinski definition) is 1. The Hall–Kier alpha value is -1.34. The van der Waals surface area contributed by atoms with Crippen LogP contribution in [0.3, 0.4) is 0 Å². The molecule has 0 unspecified atom stereocenters. The van der Waals surface area contributed by atoms with Gasteiger partial charge >= 0.3 is 0 Å². The number of rotatable bonds is 3. The Morgan fingerprint density at radius 2 is 2.00 bits per heavy atom. The summed E-state index contributed by atoms with van der Waals surface area (Å²) in [5.74, 6) is 0. The molecule has 0 radical (unpaired) electrons. The third-order valence-electron chi connectivity index (χ3n) is 2.78. The van der Waals surface area contributed by atoms with Crippen molar-refractivity contribution in [2.75, 3.05) is 6.54 Å². The summed E-state index contributed by atoms with van der Waals surface area (Å²) in [5, 5.41) is 2.71. The van der Waals surface area contributed by atoms with Crippen LogP contribution in [0.1, 0.15) is 17.5 Å². The lowest BCUT2D eigenvalue weighted by Crippen LogP contribution is -2.00. The van der Waals surface area contributed by atoms with Crippen LogP contribution in [-0.2, 0) is 6.42 Å². The van der Waals surface area contributed by atoms with E-state index in [9.17, 15) is 0 Å². The number of fused-ring (bicyclic) bond motifs is 1. The zero-order chi connectivity index (χ0) is 10.7. The van der Waals surface area contributed by atoms with Crippen molar-refractivity contribution in [1.29, 1.82) is 0 Å². The molecule has 0 saturated heterocycles. The van der Waals surface area contributed by atoms with Crippen LogP contribution in [0.5, 0.6) is 0 Å². The average molecular weight is 199 g/mol. The second kappa shape index (κ2) is 4.45. The van der Waals surface area contributed by atoms with Gasteiger partial charge < -0.3 is 5.73 Å². The van der Waals surface area contributed by atoms with Crippen molar-refractivity contribution < 1.29 is 0 Å². The molecule has 0 fully saturated rings. The Morgan fingerprint density at radius 3 is 2.80 bits per heavy atom. The highest BCUT2D eigenvalue weighted by molar-refractivity contribution is 5.86. The van der Waals surface area contributed by atoms with E-state index in [0.717, 1.165) is 19.4 Å². The van der Waals surface area contributed by atoms with Gasteiger partial charge in [0.05, 0.1) is 0 Å². The first-order chi connectivity index (χ1) is 7.31. The van der Waals surface area contributed by atoms with E-state index in [2.05, 4.69) is 43.3 Å². The van der Waals surface area contributed by atoms with Crippen LogP contribution in [0, 0.1) is 6.92 Å². The van der Waals surface area contributed by atoms with Crippen LogP contribution in [0.4, 0.5) is 0 Å². The molecule has 2 aromatic carbocycles. The summed E-state index contributed by atoms with van der Waals surface area (Å²) in [6, 6.07) is 13.1. The Labute approximate surface area is 90.9 Å². The maximum atomic E-state index is 5.55. The summed E-state index contributed by atoms with van der Waals surface area (Å²) in [4.78, 5) is 0. The molecule has 2 rings (SSSR count). The SMILES string of the molecule is Cc1ccc2cccc(CCCN)c2c1. The third-order valence-corrected chi connectivity index (χ3v) is 2.78. The van der Waals surface area contributed by atoms with Gasteiger partial charge in [0.15, 0.2) is 0 Å². The molecule has 0 aromatic heterocycles. The highest BCUT2D eigenvalue weighted by Crippen LogP contribution is 2.21. The molecule has 0 spiro atoms. The van der Waals surface area contributed by atoms with Crippen molar-refractivity contribution in [3.05, 3.63) is 47.5 Å². The topological polar surface area (TPSA) is 26.0 Å². The molecule has 1 nitrogen and oxygen atoms in total. The van der Waals surface area contributed by atoms with E-state index in [4.69, 9.17) is 5.73 Å². The number of aryl methyl sites for hydroxylation is 2. The van der Waals surface area contributed by atoms with Gasteiger partial charge in [0.2, 0.25) is 0 Å². The molecule has 0 aliphatic carbocycles. The van der Waals surface area contributed by atoms with Crippen molar-refractivity contribution in [2.24, 2.45) is 5.73 Å². The smallest absolute Gasteiger partial charge is 0.00741 e. The zero-order valence-electron chi connectivity index (χ0n) is 9.16. The van der Waals surface area contributed by atoms with E-state index in [-0.39, 0.29) is 0 Å². The summed E-state index contributed by atoms with van der Waals surface area (Å²) >= 11 is 0. The minimum atomic E-state index is 0.766. The summed E-state index contributed by atoms with van der Waals surface area (Å²) in [5.41, 5.74) is 8.29. The fourth-order valence-corrected chi connectivity index (χ4v) is 1.96. The van der Waals surface area contributed by atoms with E-state index < -0.39 is 0 Å². The molecule has 2 aromatic rings. The molecule has 0 aliphatic rings. The molecule has 0 bridgehead atoms. The van der Waals surface area contributed by atoms with Crippen LogP contribution in [0.2, 0.25) is 0 Å². The minimum absolute atomic E-state index is 0.766. The Bertz CT molecular complexity index is 460. The normalized spacial score (nSPS) is 10.8. The first-order valence-corrected chi connectivity index (χ1v) is 5.49. The van der Waals surface area contributed by atoms with Crippen molar-refractivity contribution in [1.82, 2.24) is 0 Å². The Morgan fingerprint density at radius 1 is 1.13 bits per heavy atom. The molecule has 0 heterocycles. The second-order valence-corrected chi connectivity index (χ2v) is 4.03. The summed E-state index contributed by atoms with van der Waals surface area (Å²) in [6.07, 6.45) is 2.14. The van der Waals surface area contributed by atoms with Gasteiger partial charge in [-0.25, -0.2) is 0 Å². The standard InChI is InChI=1S/C14H17N/c1-11-7-8-13-5-2-4-12(6-3-9-15)14(13)10-11/h2,4-5,7-8,10H,3,6,9,15H2,1H3. The van der Waals surface area contributed by atoms with Crippen molar-refractivity contribution in [3.8, 4) is 0 Å². The molecule has 15 heavy (non-hydrogen) atoms.